The molecule has 0 bridgehead atoms. The van der Waals surface area contributed by atoms with Gasteiger partial charge in [0, 0.05) is 24.5 Å². The number of nitrogens with one attached hydrogen (secondary N) is 2. The molecular formula is C25H37N7O7. The SMILES string of the molecule is CC[C@H](Nc1nc(NCc2cnc(C)cc2C)c2ncn(C(C)C)c2n1)[C@@H](C)O.O=C(O)C(O)C(O)C(=O)O. The van der Waals surface area contributed by atoms with Crippen LogP contribution in [0, 0.1) is 13.8 Å². The van der Waals surface area contributed by atoms with Crippen molar-refractivity contribution in [1.82, 2.24) is 24.5 Å². The first-order valence-corrected chi connectivity index (χ1v) is 12.4. The van der Waals surface area contributed by atoms with Crippen molar-refractivity contribution in [3.05, 3.63) is 35.4 Å². The second-order valence-electron chi connectivity index (χ2n) is 9.39. The Bertz CT molecular complexity index is 1260. The summed E-state index contributed by atoms with van der Waals surface area (Å²) in [4.78, 5) is 37.8. The van der Waals surface area contributed by atoms with Crippen LogP contribution in [0.15, 0.2) is 18.6 Å². The zero-order valence-corrected chi connectivity index (χ0v) is 22.8. The molecule has 0 aromatic carbocycles. The van der Waals surface area contributed by atoms with Gasteiger partial charge >= 0.3 is 11.9 Å². The third-order valence-corrected chi connectivity index (χ3v) is 5.92. The van der Waals surface area contributed by atoms with Crippen LogP contribution < -0.4 is 10.6 Å². The number of rotatable bonds is 11. The van der Waals surface area contributed by atoms with Gasteiger partial charge < -0.3 is 40.7 Å². The fourth-order valence-corrected chi connectivity index (χ4v) is 3.57. The molecule has 2 unspecified atom stereocenters. The molecule has 3 rings (SSSR count). The van der Waals surface area contributed by atoms with Crippen LogP contribution in [0.5, 0.6) is 0 Å². The first-order chi connectivity index (χ1) is 18.3. The first-order valence-electron chi connectivity index (χ1n) is 12.4. The van der Waals surface area contributed by atoms with E-state index in [1.807, 2.05) is 24.6 Å². The molecule has 0 amide bonds. The van der Waals surface area contributed by atoms with Crippen molar-refractivity contribution in [1.29, 1.82) is 0 Å². The molecule has 0 aliphatic rings. The predicted octanol–water partition coefficient (Wildman–Crippen LogP) is 1.48. The molecule has 3 aromatic rings. The quantitative estimate of drug-likeness (QED) is 0.181. The van der Waals surface area contributed by atoms with E-state index in [4.69, 9.17) is 20.4 Å². The fourth-order valence-electron chi connectivity index (χ4n) is 3.57. The van der Waals surface area contributed by atoms with Crippen LogP contribution in [-0.4, -0.2) is 86.3 Å². The van der Waals surface area contributed by atoms with Crippen LogP contribution in [0.1, 0.15) is 57.0 Å². The second kappa shape index (κ2) is 13.8. The van der Waals surface area contributed by atoms with Gasteiger partial charge in [-0.1, -0.05) is 6.92 Å². The van der Waals surface area contributed by atoms with Crippen molar-refractivity contribution in [3.63, 3.8) is 0 Å². The van der Waals surface area contributed by atoms with Crippen LogP contribution in [0.2, 0.25) is 0 Å². The van der Waals surface area contributed by atoms with E-state index in [0.717, 1.165) is 28.8 Å². The number of nitrogens with zero attached hydrogens (tertiary/aromatic N) is 5. The number of aryl methyl sites for hydroxylation is 2. The Morgan fingerprint density at radius 3 is 2.10 bits per heavy atom. The number of aliphatic hydroxyl groups is 3. The minimum Gasteiger partial charge on any atom is -0.479 e. The molecule has 3 aromatic heterocycles. The van der Waals surface area contributed by atoms with Gasteiger partial charge in [-0.3, -0.25) is 4.98 Å². The van der Waals surface area contributed by atoms with E-state index in [0.29, 0.717) is 18.3 Å². The average molecular weight is 548 g/mol. The lowest BCUT2D eigenvalue weighted by Gasteiger charge is -2.20. The highest BCUT2D eigenvalue weighted by atomic mass is 16.4. The number of anilines is 2. The highest BCUT2D eigenvalue weighted by Crippen LogP contribution is 2.25. The molecule has 0 aliphatic carbocycles. The van der Waals surface area contributed by atoms with Crippen LogP contribution in [0.3, 0.4) is 0 Å². The van der Waals surface area contributed by atoms with Crippen molar-refractivity contribution in [2.75, 3.05) is 10.6 Å². The number of carbonyl (C=O) groups is 2. The molecule has 0 fully saturated rings. The van der Waals surface area contributed by atoms with Gasteiger partial charge in [-0.25, -0.2) is 14.6 Å². The molecule has 0 aliphatic heterocycles. The van der Waals surface area contributed by atoms with Gasteiger partial charge in [0.2, 0.25) is 5.95 Å². The third kappa shape index (κ3) is 8.30. The number of carboxylic acids is 2. The summed E-state index contributed by atoms with van der Waals surface area (Å²) in [6, 6.07) is 2.17. The van der Waals surface area contributed by atoms with Crippen molar-refractivity contribution in [3.8, 4) is 0 Å². The van der Waals surface area contributed by atoms with Gasteiger partial charge in [0.1, 0.15) is 0 Å². The number of aliphatic carboxylic acids is 2. The summed E-state index contributed by atoms with van der Waals surface area (Å²) in [7, 11) is 0. The summed E-state index contributed by atoms with van der Waals surface area (Å²) in [5.74, 6) is -2.39. The lowest BCUT2D eigenvalue weighted by Crippen LogP contribution is -2.39. The number of hydrogen-bond acceptors (Lipinski definition) is 11. The minimum atomic E-state index is -2.27. The van der Waals surface area contributed by atoms with E-state index in [9.17, 15) is 14.7 Å². The number of fused-ring (bicyclic) bond motifs is 1. The van der Waals surface area contributed by atoms with E-state index < -0.39 is 30.3 Å². The number of aromatic nitrogens is 5. The summed E-state index contributed by atoms with van der Waals surface area (Å²) < 4.78 is 2.02. The summed E-state index contributed by atoms with van der Waals surface area (Å²) in [5.41, 5.74) is 4.78. The Balaban J connectivity index is 0.000000455. The lowest BCUT2D eigenvalue weighted by molar-refractivity contribution is -0.165. The van der Waals surface area contributed by atoms with Crippen molar-refractivity contribution in [2.24, 2.45) is 0 Å². The van der Waals surface area contributed by atoms with Crippen molar-refractivity contribution in [2.45, 2.75) is 84.9 Å². The number of imidazole rings is 1. The van der Waals surface area contributed by atoms with Gasteiger partial charge in [0.15, 0.2) is 29.2 Å². The molecular weight excluding hydrogens is 510 g/mol. The second-order valence-corrected chi connectivity index (χ2v) is 9.39. The Morgan fingerprint density at radius 1 is 1.00 bits per heavy atom. The lowest BCUT2D eigenvalue weighted by atomic mass is 10.1. The standard InChI is InChI=1S/C21H31N7O.C4H6O6/c1-7-17(15(6)29)25-21-26-19(18-20(27-21)28(11-24-18)12(2)3)23-10-16-9-22-14(5)8-13(16)4;5-1(3(7)8)2(6)4(9)10/h8-9,11-12,15,17,29H,7,10H2,1-6H3,(H2,23,25,26,27);1-2,5-6H,(H,7,8)(H,9,10)/t15-,17+;/m1./s1. The normalized spacial score (nSPS) is 14.2. The Labute approximate surface area is 225 Å². The number of pyridine rings is 1. The van der Waals surface area contributed by atoms with Gasteiger partial charge in [0.05, 0.1) is 18.5 Å². The van der Waals surface area contributed by atoms with E-state index >= 15 is 0 Å². The minimum absolute atomic E-state index is 0.126. The molecule has 14 nitrogen and oxygen atoms in total. The number of hydrogen-bond donors (Lipinski definition) is 7. The first kappa shape index (κ1) is 31.3. The molecule has 3 heterocycles. The summed E-state index contributed by atoms with van der Waals surface area (Å²) >= 11 is 0. The molecule has 4 atom stereocenters. The van der Waals surface area contributed by atoms with Gasteiger partial charge in [-0.2, -0.15) is 9.97 Å². The zero-order valence-electron chi connectivity index (χ0n) is 22.8. The topological polar surface area (TPSA) is 216 Å². The molecule has 0 spiro atoms. The Hall–Kier alpha value is -3.88. The van der Waals surface area contributed by atoms with Crippen LogP contribution in [0.25, 0.3) is 11.2 Å². The zero-order chi connectivity index (χ0) is 29.4. The van der Waals surface area contributed by atoms with E-state index in [1.165, 1.54) is 5.56 Å². The Morgan fingerprint density at radius 2 is 1.62 bits per heavy atom. The summed E-state index contributed by atoms with van der Waals surface area (Å²) in [5, 5.41) is 49.2. The molecule has 0 saturated heterocycles. The maximum absolute atomic E-state index is 10.0. The molecule has 14 heteroatoms. The van der Waals surface area contributed by atoms with Crippen molar-refractivity contribution >= 4 is 34.9 Å². The summed E-state index contributed by atoms with van der Waals surface area (Å²) in [6.45, 7) is 12.6. The molecule has 39 heavy (non-hydrogen) atoms. The molecule has 214 valence electrons. The highest BCUT2D eigenvalue weighted by Gasteiger charge is 2.29. The third-order valence-electron chi connectivity index (χ3n) is 5.92. The number of aliphatic hydroxyl groups excluding tert-OH is 3. The van der Waals surface area contributed by atoms with E-state index in [1.54, 1.807) is 13.3 Å². The average Bonchev–Trinajstić information content (AvgIpc) is 3.30. The molecule has 7 N–H and O–H groups in total. The van der Waals surface area contributed by atoms with Gasteiger partial charge in [0.25, 0.3) is 0 Å². The van der Waals surface area contributed by atoms with Gasteiger partial charge in [-0.05, 0) is 58.2 Å². The highest BCUT2D eigenvalue weighted by molar-refractivity contribution is 5.84. The summed E-state index contributed by atoms with van der Waals surface area (Å²) in [6.07, 6.45) is -0.590. The van der Waals surface area contributed by atoms with Gasteiger partial charge in [-0.15, -0.1) is 0 Å². The smallest absolute Gasteiger partial charge is 0.335 e. The monoisotopic (exact) mass is 547 g/mol. The van der Waals surface area contributed by atoms with Crippen LogP contribution in [-0.2, 0) is 16.1 Å². The van der Waals surface area contributed by atoms with Crippen molar-refractivity contribution < 1.29 is 35.1 Å². The maximum Gasteiger partial charge on any atom is 0.335 e. The van der Waals surface area contributed by atoms with E-state index in [-0.39, 0.29) is 12.1 Å². The fraction of sp³-hybridized carbons (Fsp3) is 0.520. The molecule has 0 radical (unpaired) electrons. The van der Waals surface area contributed by atoms with E-state index in [2.05, 4.69) is 57.4 Å². The predicted molar refractivity (Wildman–Crippen MR) is 143 cm³/mol. The Kier molecular flexibility index (Phi) is 11.1. The van der Waals surface area contributed by atoms with Crippen LogP contribution >= 0.6 is 0 Å². The maximum atomic E-state index is 10.0. The largest absolute Gasteiger partial charge is 0.479 e. The molecule has 0 saturated carbocycles. The number of carboxylic acid groups (broad SMARTS) is 2. The van der Waals surface area contributed by atoms with Crippen LogP contribution in [0.4, 0.5) is 11.8 Å².